The van der Waals surface area contributed by atoms with Crippen LogP contribution in [0.1, 0.15) is 20.3 Å². The van der Waals surface area contributed by atoms with E-state index in [1.807, 2.05) is 0 Å². The summed E-state index contributed by atoms with van der Waals surface area (Å²) in [6, 6.07) is 0. The van der Waals surface area contributed by atoms with E-state index < -0.39 is 0 Å². The van der Waals surface area contributed by atoms with E-state index in [1.165, 1.54) is 0 Å². The topological polar surface area (TPSA) is 21.7 Å². The van der Waals surface area contributed by atoms with Gasteiger partial charge in [-0.05, 0) is 27.3 Å². The van der Waals surface area contributed by atoms with Crippen LogP contribution in [-0.4, -0.2) is 56.3 Å². The van der Waals surface area contributed by atoms with Gasteiger partial charge in [0.25, 0.3) is 0 Å². The lowest BCUT2D eigenvalue weighted by molar-refractivity contribution is 0.0618. The van der Waals surface area contributed by atoms with E-state index in [1.54, 1.807) is 7.11 Å². The monoisotopic (exact) mass is 281 g/mol. The molecule has 0 aliphatic rings. The highest BCUT2D eigenvalue weighted by atomic mass is 79.9. The fourth-order valence-electron chi connectivity index (χ4n) is 1.05. The number of hydrogen-bond acceptors (Lipinski definition) is 3. The van der Waals surface area contributed by atoms with E-state index in [4.69, 9.17) is 9.47 Å². The molecule has 0 radical (unpaired) electrons. The van der Waals surface area contributed by atoms with Crippen LogP contribution < -0.4 is 0 Å². The number of halogens is 1. The molecule has 92 valence electrons. The average Bonchev–Trinajstić information content (AvgIpc) is 2.22. The summed E-state index contributed by atoms with van der Waals surface area (Å²) in [5.41, 5.74) is 0.215. The smallest absolute Gasteiger partial charge is 0.0700 e. The molecular weight excluding hydrogens is 258 g/mol. The first kappa shape index (κ1) is 15.4. The van der Waals surface area contributed by atoms with E-state index in [-0.39, 0.29) is 5.54 Å². The Hall–Kier alpha value is 0.360. The van der Waals surface area contributed by atoms with E-state index in [9.17, 15) is 0 Å². The molecule has 0 aromatic heterocycles. The Bertz CT molecular complexity index is 154. The molecule has 0 aliphatic heterocycles. The van der Waals surface area contributed by atoms with Gasteiger partial charge < -0.3 is 14.4 Å². The molecule has 0 atom stereocenters. The van der Waals surface area contributed by atoms with Gasteiger partial charge in [0.05, 0.1) is 13.2 Å². The summed E-state index contributed by atoms with van der Waals surface area (Å²) in [4.78, 5) is 2.35. The zero-order chi connectivity index (χ0) is 11.7. The zero-order valence-corrected chi connectivity index (χ0v) is 12.0. The predicted octanol–water partition coefficient (Wildman–Crippen LogP) is 2.14. The fourth-order valence-corrected chi connectivity index (χ4v) is 1.48. The third kappa shape index (κ3) is 7.28. The maximum atomic E-state index is 5.41. The van der Waals surface area contributed by atoms with Crippen molar-refractivity contribution in [1.82, 2.24) is 4.90 Å². The third-order valence-corrected chi connectivity index (χ3v) is 3.95. The highest BCUT2D eigenvalue weighted by Crippen LogP contribution is 2.14. The van der Waals surface area contributed by atoms with Crippen LogP contribution in [0.25, 0.3) is 0 Å². The van der Waals surface area contributed by atoms with Crippen LogP contribution in [0.4, 0.5) is 0 Å². The number of alkyl halides is 1. The van der Waals surface area contributed by atoms with Crippen LogP contribution in [0.3, 0.4) is 0 Å². The first-order chi connectivity index (χ1) is 7.04. The molecule has 0 unspecified atom stereocenters. The molecule has 0 aromatic rings. The van der Waals surface area contributed by atoms with E-state index in [0.717, 1.165) is 24.9 Å². The van der Waals surface area contributed by atoms with Crippen LogP contribution in [0.5, 0.6) is 0 Å². The Morgan fingerprint density at radius 1 is 1.20 bits per heavy atom. The Morgan fingerprint density at radius 3 is 2.40 bits per heavy atom. The number of nitrogens with zero attached hydrogens (tertiary/aromatic N) is 1. The fraction of sp³-hybridized carbons (Fsp3) is 1.00. The van der Waals surface area contributed by atoms with Gasteiger partial charge in [-0.2, -0.15) is 0 Å². The summed E-state index contributed by atoms with van der Waals surface area (Å²) in [6.07, 6.45) is 1.07. The molecule has 0 rings (SSSR count). The van der Waals surface area contributed by atoms with Gasteiger partial charge in [-0.15, -0.1) is 0 Å². The van der Waals surface area contributed by atoms with E-state index in [0.29, 0.717) is 13.2 Å². The lowest BCUT2D eigenvalue weighted by Gasteiger charge is -2.34. The highest BCUT2D eigenvalue weighted by Gasteiger charge is 2.20. The summed E-state index contributed by atoms with van der Waals surface area (Å²) in [5, 5.41) is 0.987. The van der Waals surface area contributed by atoms with Crippen LogP contribution >= 0.6 is 15.9 Å². The molecule has 0 bridgehead atoms. The summed E-state index contributed by atoms with van der Waals surface area (Å²) in [7, 11) is 3.84. The molecule has 0 N–H and O–H groups in total. The second-order valence-electron chi connectivity index (χ2n) is 4.33. The van der Waals surface area contributed by atoms with Crippen LogP contribution in [0.15, 0.2) is 0 Å². The molecule has 0 saturated heterocycles. The van der Waals surface area contributed by atoms with Crippen LogP contribution in [-0.2, 0) is 9.47 Å². The third-order valence-electron chi connectivity index (χ3n) is 2.57. The average molecular weight is 282 g/mol. The summed E-state index contributed by atoms with van der Waals surface area (Å²) in [6.45, 7) is 7.71. The van der Waals surface area contributed by atoms with Crippen molar-refractivity contribution in [3.63, 3.8) is 0 Å². The van der Waals surface area contributed by atoms with Gasteiger partial charge in [-0.3, -0.25) is 0 Å². The maximum absolute atomic E-state index is 5.41. The Morgan fingerprint density at radius 2 is 1.87 bits per heavy atom. The SMILES string of the molecule is COCCOCCCN(C)C(C)(C)CBr. The van der Waals surface area contributed by atoms with Gasteiger partial charge in [0.1, 0.15) is 0 Å². The van der Waals surface area contributed by atoms with Crippen molar-refractivity contribution in [3.8, 4) is 0 Å². The second kappa shape index (κ2) is 8.50. The molecule has 0 fully saturated rings. The predicted molar refractivity (Wildman–Crippen MR) is 67.8 cm³/mol. The maximum Gasteiger partial charge on any atom is 0.0700 e. The number of ether oxygens (including phenoxy) is 2. The van der Waals surface area contributed by atoms with Crippen molar-refractivity contribution in [2.24, 2.45) is 0 Å². The Balaban J connectivity index is 3.43. The first-order valence-electron chi connectivity index (χ1n) is 5.38. The van der Waals surface area contributed by atoms with E-state index in [2.05, 4.69) is 41.7 Å². The largest absolute Gasteiger partial charge is 0.382 e. The molecule has 0 spiro atoms. The summed E-state index contributed by atoms with van der Waals surface area (Å²) in [5.74, 6) is 0. The number of hydrogen-bond donors (Lipinski definition) is 0. The van der Waals surface area contributed by atoms with Crippen LogP contribution in [0, 0.1) is 0 Å². The van der Waals surface area contributed by atoms with Gasteiger partial charge in [0, 0.05) is 31.1 Å². The molecule has 0 aromatic carbocycles. The molecule has 4 heteroatoms. The molecule has 0 heterocycles. The molecule has 3 nitrogen and oxygen atoms in total. The van der Waals surface area contributed by atoms with Crippen molar-refractivity contribution in [1.29, 1.82) is 0 Å². The number of methoxy groups -OCH3 is 1. The minimum absolute atomic E-state index is 0.215. The zero-order valence-electron chi connectivity index (χ0n) is 10.4. The molecule has 0 saturated carbocycles. The molecule has 15 heavy (non-hydrogen) atoms. The van der Waals surface area contributed by atoms with Crippen molar-refractivity contribution < 1.29 is 9.47 Å². The quantitative estimate of drug-likeness (QED) is 0.478. The van der Waals surface area contributed by atoms with Gasteiger partial charge in [-0.25, -0.2) is 0 Å². The standard InChI is InChI=1S/C11H24BrNO2/c1-11(2,10-12)13(3)6-5-7-15-9-8-14-4/h5-10H2,1-4H3. The van der Waals surface area contributed by atoms with Gasteiger partial charge >= 0.3 is 0 Å². The number of rotatable bonds is 9. The van der Waals surface area contributed by atoms with Crippen molar-refractivity contribution in [2.75, 3.05) is 45.9 Å². The molecule has 0 amide bonds. The summed E-state index contributed by atoms with van der Waals surface area (Å²) < 4.78 is 10.3. The van der Waals surface area contributed by atoms with E-state index >= 15 is 0 Å². The minimum atomic E-state index is 0.215. The van der Waals surface area contributed by atoms with Gasteiger partial charge in [0.2, 0.25) is 0 Å². The summed E-state index contributed by atoms with van der Waals surface area (Å²) >= 11 is 3.53. The first-order valence-corrected chi connectivity index (χ1v) is 6.50. The molecule has 0 aliphatic carbocycles. The van der Waals surface area contributed by atoms with Crippen molar-refractivity contribution in [3.05, 3.63) is 0 Å². The van der Waals surface area contributed by atoms with Crippen molar-refractivity contribution in [2.45, 2.75) is 25.8 Å². The van der Waals surface area contributed by atoms with Gasteiger partial charge in [0.15, 0.2) is 0 Å². The minimum Gasteiger partial charge on any atom is -0.382 e. The van der Waals surface area contributed by atoms with Gasteiger partial charge in [-0.1, -0.05) is 15.9 Å². The Kier molecular flexibility index (Phi) is 8.71. The highest BCUT2D eigenvalue weighted by molar-refractivity contribution is 9.09. The lowest BCUT2D eigenvalue weighted by atomic mass is 10.1. The second-order valence-corrected chi connectivity index (χ2v) is 4.89. The lowest BCUT2D eigenvalue weighted by Crippen LogP contribution is -2.43. The normalized spacial score (nSPS) is 12.4. The van der Waals surface area contributed by atoms with Crippen molar-refractivity contribution >= 4 is 15.9 Å². The molecular formula is C11H24BrNO2. The van der Waals surface area contributed by atoms with Crippen LogP contribution in [0.2, 0.25) is 0 Å². The Labute approximate surface area is 102 Å².